The lowest BCUT2D eigenvalue weighted by atomic mass is 9.80. The molecule has 0 aromatic heterocycles. The first-order chi connectivity index (χ1) is 12.9. The molecule has 4 rings (SSSR count). The number of aliphatic hydroxyl groups is 1. The average molecular weight is 372 g/mol. The number of hydrogen-bond acceptors (Lipinski definition) is 3. The van der Waals surface area contributed by atoms with Crippen LogP contribution < -0.4 is 5.32 Å². The van der Waals surface area contributed by atoms with Crippen LogP contribution in [0.4, 0.5) is 14.5 Å². The van der Waals surface area contributed by atoms with Crippen molar-refractivity contribution in [2.75, 3.05) is 11.9 Å². The van der Waals surface area contributed by atoms with Gasteiger partial charge in [-0.05, 0) is 67.6 Å². The van der Waals surface area contributed by atoms with Crippen LogP contribution in [0.25, 0.3) is 0 Å². The van der Waals surface area contributed by atoms with Gasteiger partial charge in [-0.2, -0.15) is 0 Å². The van der Waals surface area contributed by atoms with Crippen LogP contribution in [0.2, 0.25) is 0 Å². The summed E-state index contributed by atoms with van der Waals surface area (Å²) in [5.41, 5.74) is 0.313. The second-order valence-electron chi connectivity index (χ2n) is 7.56. The third kappa shape index (κ3) is 3.73. The second-order valence-corrected chi connectivity index (χ2v) is 7.56. The third-order valence-electron chi connectivity index (χ3n) is 5.75. The number of benzene rings is 2. The van der Waals surface area contributed by atoms with E-state index < -0.39 is 5.60 Å². The van der Waals surface area contributed by atoms with Crippen LogP contribution in [0.5, 0.6) is 0 Å². The van der Waals surface area contributed by atoms with E-state index in [1.807, 2.05) is 0 Å². The fraction of sp³-hybridized carbons (Fsp3) is 0.381. The van der Waals surface area contributed by atoms with Crippen molar-refractivity contribution in [3.05, 3.63) is 65.7 Å². The minimum Gasteiger partial charge on any atom is -0.385 e. The summed E-state index contributed by atoms with van der Waals surface area (Å²) in [6.07, 6.45) is 2.91. The lowest BCUT2D eigenvalue weighted by molar-refractivity contribution is -0.121. The largest absolute Gasteiger partial charge is 0.385 e. The van der Waals surface area contributed by atoms with Gasteiger partial charge in [-0.15, -0.1) is 0 Å². The van der Waals surface area contributed by atoms with E-state index in [1.165, 1.54) is 36.4 Å². The molecular weight excluding hydrogens is 350 g/mol. The summed E-state index contributed by atoms with van der Waals surface area (Å²) in [5.74, 6) is -0.812. The normalized spacial score (nSPS) is 27.5. The van der Waals surface area contributed by atoms with Crippen LogP contribution in [-0.4, -0.2) is 34.5 Å². The van der Waals surface area contributed by atoms with Crippen molar-refractivity contribution in [2.45, 2.75) is 43.4 Å². The van der Waals surface area contributed by atoms with E-state index in [4.69, 9.17) is 0 Å². The van der Waals surface area contributed by atoms with E-state index in [0.29, 0.717) is 18.5 Å². The van der Waals surface area contributed by atoms with Crippen LogP contribution >= 0.6 is 0 Å². The van der Waals surface area contributed by atoms with Gasteiger partial charge in [0.2, 0.25) is 5.91 Å². The highest BCUT2D eigenvalue weighted by molar-refractivity contribution is 5.92. The fourth-order valence-electron chi connectivity index (χ4n) is 4.47. The van der Waals surface area contributed by atoms with Crippen molar-refractivity contribution in [3.8, 4) is 0 Å². The molecule has 2 aromatic rings. The maximum Gasteiger partial charge on any atom is 0.238 e. The van der Waals surface area contributed by atoms with Gasteiger partial charge in [0.15, 0.2) is 0 Å². The third-order valence-corrected chi connectivity index (χ3v) is 5.75. The van der Waals surface area contributed by atoms with Gasteiger partial charge in [-0.25, -0.2) is 8.78 Å². The standard InChI is InChI=1S/C21H22F2N2O2/c22-15-3-1-14(2-4-15)21(27)11-18-9-10-19(12-21)25(18)13-20(26)24-17-7-5-16(23)6-8-17/h1-8,18-19,27H,9-13H2,(H,24,26)/t18-,19-/m0/s1. The zero-order chi connectivity index (χ0) is 19.0. The number of carbonyl (C=O) groups excluding carboxylic acids is 1. The predicted octanol–water partition coefficient (Wildman–Crippen LogP) is 3.42. The monoisotopic (exact) mass is 372 g/mol. The topological polar surface area (TPSA) is 52.6 Å². The predicted molar refractivity (Wildman–Crippen MR) is 98.1 cm³/mol. The van der Waals surface area contributed by atoms with Gasteiger partial charge in [0.1, 0.15) is 11.6 Å². The Balaban J connectivity index is 1.42. The van der Waals surface area contributed by atoms with E-state index in [9.17, 15) is 18.7 Å². The number of hydrogen-bond donors (Lipinski definition) is 2. The summed E-state index contributed by atoms with van der Waals surface area (Å²) in [5, 5.41) is 13.9. The molecule has 2 bridgehead atoms. The molecule has 0 aliphatic carbocycles. The number of piperidine rings is 1. The van der Waals surface area contributed by atoms with Gasteiger partial charge < -0.3 is 10.4 Å². The number of amides is 1. The Morgan fingerprint density at radius 1 is 1.00 bits per heavy atom. The van der Waals surface area contributed by atoms with Gasteiger partial charge in [0.05, 0.1) is 12.1 Å². The van der Waals surface area contributed by atoms with E-state index in [-0.39, 0.29) is 36.2 Å². The molecule has 0 saturated carbocycles. The molecule has 27 heavy (non-hydrogen) atoms. The van der Waals surface area contributed by atoms with Gasteiger partial charge in [0, 0.05) is 17.8 Å². The Labute approximate surface area is 156 Å². The molecule has 2 N–H and O–H groups in total. The number of nitrogens with zero attached hydrogens (tertiary/aromatic N) is 1. The van der Waals surface area contributed by atoms with Gasteiger partial charge in [-0.3, -0.25) is 9.69 Å². The zero-order valence-corrected chi connectivity index (χ0v) is 14.9. The Hall–Kier alpha value is -2.31. The smallest absolute Gasteiger partial charge is 0.238 e. The molecule has 2 atom stereocenters. The zero-order valence-electron chi connectivity index (χ0n) is 14.9. The minimum absolute atomic E-state index is 0.109. The van der Waals surface area contributed by atoms with Crippen molar-refractivity contribution in [3.63, 3.8) is 0 Å². The van der Waals surface area contributed by atoms with Gasteiger partial charge in [-0.1, -0.05) is 12.1 Å². The molecular formula is C21H22F2N2O2. The molecule has 0 spiro atoms. The lowest BCUT2D eigenvalue weighted by Crippen LogP contribution is -2.51. The number of rotatable bonds is 4. The van der Waals surface area contributed by atoms with Crippen LogP contribution in [-0.2, 0) is 10.4 Å². The Kier molecular flexibility index (Phi) is 4.70. The maximum absolute atomic E-state index is 13.2. The highest BCUT2D eigenvalue weighted by Crippen LogP contribution is 2.45. The van der Waals surface area contributed by atoms with Crippen molar-refractivity contribution in [1.29, 1.82) is 0 Å². The van der Waals surface area contributed by atoms with Crippen molar-refractivity contribution < 1.29 is 18.7 Å². The van der Waals surface area contributed by atoms with E-state index in [1.54, 1.807) is 12.1 Å². The first-order valence-corrected chi connectivity index (χ1v) is 9.22. The molecule has 2 aliphatic rings. The van der Waals surface area contributed by atoms with Crippen LogP contribution in [0.15, 0.2) is 48.5 Å². The number of fused-ring (bicyclic) bond motifs is 2. The number of carbonyl (C=O) groups is 1. The summed E-state index contributed by atoms with van der Waals surface area (Å²) in [7, 11) is 0. The van der Waals surface area contributed by atoms with Crippen molar-refractivity contribution >= 4 is 11.6 Å². The van der Waals surface area contributed by atoms with Crippen LogP contribution in [0.3, 0.4) is 0 Å². The Morgan fingerprint density at radius 3 is 2.07 bits per heavy atom. The highest BCUT2D eigenvalue weighted by Gasteiger charge is 2.48. The van der Waals surface area contributed by atoms with Crippen molar-refractivity contribution in [2.24, 2.45) is 0 Å². The molecule has 142 valence electrons. The van der Waals surface area contributed by atoms with Crippen molar-refractivity contribution in [1.82, 2.24) is 4.90 Å². The highest BCUT2D eigenvalue weighted by atomic mass is 19.1. The summed E-state index contributed by atoms with van der Waals surface area (Å²) >= 11 is 0. The Bertz CT molecular complexity index is 809. The molecule has 2 heterocycles. The molecule has 0 unspecified atom stereocenters. The van der Waals surface area contributed by atoms with E-state index in [2.05, 4.69) is 10.2 Å². The SMILES string of the molecule is O=C(CN1[C@H]2CC[C@H]1CC(O)(c1ccc(F)cc1)C2)Nc1ccc(F)cc1. The summed E-state index contributed by atoms with van der Waals surface area (Å²) < 4.78 is 26.2. The summed E-state index contributed by atoms with van der Waals surface area (Å²) in [4.78, 5) is 14.6. The van der Waals surface area contributed by atoms with Gasteiger partial charge in [0.25, 0.3) is 0 Å². The molecule has 1 amide bonds. The lowest BCUT2D eigenvalue weighted by Gasteiger charge is -2.43. The molecule has 2 aliphatic heterocycles. The fourth-order valence-corrected chi connectivity index (χ4v) is 4.47. The Morgan fingerprint density at radius 2 is 1.52 bits per heavy atom. The maximum atomic E-state index is 13.2. The molecule has 2 saturated heterocycles. The van der Waals surface area contributed by atoms with Crippen LogP contribution in [0.1, 0.15) is 31.2 Å². The second kappa shape index (κ2) is 7.02. The van der Waals surface area contributed by atoms with Crippen LogP contribution in [0, 0.1) is 11.6 Å². The molecule has 6 heteroatoms. The molecule has 4 nitrogen and oxygen atoms in total. The number of anilines is 1. The van der Waals surface area contributed by atoms with Gasteiger partial charge >= 0.3 is 0 Å². The summed E-state index contributed by atoms with van der Waals surface area (Å²) in [6.45, 7) is 0.242. The number of nitrogens with one attached hydrogen (secondary N) is 1. The number of halogens is 2. The van der Waals surface area contributed by atoms with E-state index >= 15 is 0 Å². The van der Waals surface area contributed by atoms with E-state index in [0.717, 1.165) is 18.4 Å². The summed E-state index contributed by atoms with van der Waals surface area (Å²) in [6, 6.07) is 11.9. The first kappa shape index (κ1) is 18.1. The molecule has 2 aromatic carbocycles. The minimum atomic E-state index is -0.983. The quantitative estimate of drug-likeness (QED) is 0.865. The average Bonchev–Trinajstić information content (AvgIpc) is 2.87. The molecule has 2 fully saturated rings. The first-order valence-electron chi connectivity index (χ1n) is 9.22. The molecule has 0 radical (unpaired) electrons.